The van der Waals surface area contributed by atoms with Gasteiger partial charge in [0.25, 0.3) is 0 Å². The highest BCUT2D eigenvalue weighted by Gasteiger charge is 2.19. The third kappa shape index (κ3) is 1.30. The Balaban J connectivity index is 2.13. The van der Waals surface area contributed by atoms with Crippen LogP contribution in [0.1, 0.15) is 18.1 Å². The summed E-state index contributed by atoms with van der Waals surface area (Å²) in [6.07, 6.45) is 1.47. The maximum Gasteiger partial charge on any atom is 0.118 e. The lowest BCUT2D eigenvalue weighted by Gasteiger charge is -2.26. The summed E-state index contributed by atoms with van der Waals surface area (Å²) >= 11 is 0. The van der Waals surface area contributed by atoms with E-state index in [1.54, 1.807) is 7.11 Å². The van der Waals surface area contributed by atoms with Crippen LogP contribution in [0.2, 0.25) is 0 Å². The zero-order valence-electron chi connectivity index (χ0n) is 7.12. The van der Waals surface area contributed by atoms with Gasteiger partial charge in [0.2, 0.25) is 0 Å². The van der Waals surface area contributed by atoms with E-state index in [0.717, 1.165) is 18.8 Å². The predicted molar refractivity (Wildman–Crippen MR) is 46.3 cm³/mol. The van der Waals surface area contributed by atoms with Crippen molar-refractivity contribution in [1.82, 2.24) is 0 Å². The van der Waals surface area contributed by atoms with Crippen molar-refractivity contribution in [1.29, 1.82) is 0 Å². The molecule has 1 heterocycles. The van der Waals surface area contributed by atoms with E-state index < -0.39 is 0 Å². The Morgan fingerprint density at radius 1 is 1.33 bits per heavy atom. The second-order valence-corrected chi connectivity index (χ2v) is 2.92. The first-order valence-electron chi connectivity index (χ1n) is 4.16. The van der Waals surface area contributed by atoms with Crippen LogP contribution in [0.5, 0.6) is 5.75 Å². The number of ether oxygens (including phenoxy) is 2. The summed E-state index contributed by atoms with van der Waals surface area (Å²) in [7, 11) is 1.68. The van der Waals surface area contributed by atoms with Gasteiger partial charge >= 0.3 is 0 Å². The SMILES string of the molecule is COc1ccc(C2CCO2)cc1. The highest BCUT2D eigenvalue weighted by molar-refractivity contribution is 5.28. The Morgan fingerprint density at radius 2 is 2.00 bits per heavy atom. The molecule has 2 nitrogen and oxygen atoms in total. The van der Waals surface area contributed by atoms with E-state index in [0.29, 0.717) is 6.10 Å². The van der Waals surface area contributed by atoms with E-state index in [1.807, 2.05) is 12.1 Å². The maximum atomic E-state index is 5.35. The molecular formula is C10H12O2. The van der Waals surface area contributed by atoms with Gasteiger partial charge in [-0.25, -0.2) is 0 Å². The minimum atomic E-state index is 0.330. The van der Waals surface area contributed by atoms with E-state index in [9.17, 15) is 0 Å². The normalized spacial score (nSPS) is 21.6. The molecular weight excluding hydrogens is 152 g/mol. The fourth-order valence-electron chi connectivity index (χ4n) is 1.32. The molecule has 0 aliphatic carbocycles. The van der Waals surface area contributed by atoms with Crippen LogP contribution >= 0.6 is 0 Å². The number of benzene rings is 1. The molecule has 0 spiro atoms. The standard InChI is InChI=1S/C10H12O2/c1-11-9-4-2-8(3-5-9)10-6-7-12-10/h2-5,10H,6-7H2,1H3. The van der Waals surface area contributed by atoms with Crippen molar-refractivity contribution in [3.05, 3.63) is 29.8 Å². The second-order valence-electron chi connectivity index (χ2n) is 2.92. The zero-order chi connectivity index (χ0) is 8.39. The van der Waals surface area contributed by atoms with Gasteiger partial charge in [-0.2, -0.15) is 0 Å². The summed E-state index contributed by atoms with van der Waals surface area (Å²) in [5, 5.41) is 0. The van der Waals surface area contributed by atoms with Gasteiger partial charge in [-0.1, -0.05) is 12.1 Å². The summed E-state index contributed by atoms with van der Waals surface area (Å²) in [6, 6.07) is 8.05. The van der Waals surface area contributed by atoms with Crippen molar-refractivity contribution in [3.63, 3.8) is 0 Å². The minimum absolute atomic E-state index is 0.330. The Labute approximate surface area is 72.1 Å². The van der Waals surface area contributed by atoms with E-state index >= 15 is 0 Å². The zero-order valence-corrected chi connectivity index (χ0v) is 7.12. The number of hydrogen-bond donors (Lipinski definition) is 0. The van der Waals surface area contributed by atoms with Gasteiger partial charge in [-0.05, 0) is 17.7 Å². The van der Waals surface area contributed by atoms with E-state index in [4.69, 9.17) is 9.47 Å². The van der Waals surface area contributed by atoms with Crippen molar-refractivity contribution in [2.75, 3.05) is 13.7 Å². The molecule has 1 atom stereocenters. The van der Waals surface area contributed by atoms with Gasteiger partial charge in [0.15, 0.2) is 0 Å². The van der Waals surface area contributed by atoms with Crippen molar-refractivity contribution in [2.45, 2.75) is 12.5 Å². The highest BCUT2D eigenvalue weighted by Crippen LogP contribution is 2.29. The average molecular weight is 164 g/mol. The summed E-state index contributed by atoms with van der Waals surface area (Å²) in [4.78, 5) is 0. The summed E-state index contributed by atoms with van der Waals surface area (Å²) in [5.74, 6) is 0.901. The molecule has 12 heavy (non-hydrogen) atoms. The van der Waals surface area contributed by atoms with Gasteiger partial charge in [0, 0.05) is 6.42 Å². The third-order valence-electron chi connectivity index (χ3n) is 2.19. The van der Waals surface area contributed by atoms with Crippen molar-refractivity contribution in [3.8, 4) is 5.75 Å². The van der Waals surface area contributed by atoms with Gasteiger partial charge in [-0.15, -0.1) is 0 Å². The third-order valence-corrected chi connectivity index (χ3v) is 2.19. The van der Waals surface area contributed by atoms with Gasteiger partial charge in [0.05, 0.1) is 19.8 Å². The smallest absolute Gasteiger partial charge is 0.118 e. The summed E-state index contributed by atoms with van der Waals surface area (Å²) < 4.78 is 10.4. The molecule has 1 unspecified atom stereocenters. The first kappa shape index (κ1) is 7.62. The molecule has 1 fully saturated rings. The van der Waals surface area contributed by atoms with Gasteiger partial charge in [-0.3, -0.25) is 0 Å². The fraction of sp³-hybridized carbons (Fsp3) is 0.400. The molecule has 1 saturated heterocycles. The van der Waals surface area contributed by atoms with Crippen LogP contribution < -0.4 is 4.74 Å². The molecule has 1 aromatic rings. The van der Waals surface area contributed by atoms with Crippen molar-refractivity contribution >= 4 is 0 Å². The lowest BCUT2D eigenvalue weighted by Crippen LogP contribution is -2.17. The lowest BCUT2D eigenvalue weighted by atomic mass is 10.0. The maximum absolute atomic E-state index is 5.35. The Morgan fingerprint density at radius 3 is 2.42 bits per heavy atom. The molecule has 2 rings (SSSR count). The Hall–Kier alpha value is -1.02. The van der Waals surface area contributed by atoms with Crippen LogP contribution in [-0.4, -0.2) is 13.7 Å². The molecule has 64 valence electrons. The van der Waals surface area contributed by atoms with Crippen LogP contribution in [0.3, 0.4) is 0 Å². The molecule has 0 radical (unpaired) electrons. The minimum Gasteiger partial charge on any atom is -0.497 e. The Bertz CT molecular complexity index is 249. The molecule has 1 aromatic carbocycles. The van der Waals surface area contributed by atoms with Crippen LogP contribution in [0, 0.1) is 0 Å². The highest BCUT2D eigenvalue weighted by atomic mass is 16.5. The fourth-order valence-corrected chi connectivity index (χ4v) is 1.32. The molecule has 1 aliphatic heterocycles. The molecule has 0 N–H and O–H groups in total. The molecule has 0 saturated carbocycles. The first-order valence-corrected chi connectivity index (χ1v) is 4.16. The van der Waals surface area contributed by atoms with Crippen LogP contribution in [0.15, 0.2) is 24.3 Å². The van der Waals surface area contributed by atoms with Gasteiger partial charge in [0.1, 0.15) is 5.75 Å². The van der Waals surface area contributed by atoms with Crippen LogP contribution in [0.25, 0.3) is 0 Å². The topological polar surface area (TPSA) is 18.5 Å². The number of methoxy groups -OCH3 is 1. The molecule has 2 heteroatoms. The molecule has 1 aliphatic rings. The van der Waals surface area contributed by atoms with Gasteiger partial charge < -0.3 is 9.47 Å². The predicted octanol–water partition coefficient (Wildman–Crippen LogP) is 2.16. The quantitative estimate of drug-likeness (QED) is 0.666. The van der Waals surface area contributed by atoms with E-state index in [2.05, 4.69) is 12.1 Å². The Kier molecular flexibility index (Phi) is 2.00. The summed E-state index contributed by atoms with van der Waals surface area (Å²) in [5.41, 5.74) is 1.25. The molecule has 0 bridgehead atoms. The second kappa shape index (κ2) is 3.15. The van der Waals surface area contributed by atoms with Crippen molar-refractivity contribution < 1.29 is 9.47 Å². The number of hydrogen-bond acceptors (Lipinski definition) is 2. The average Bonchev–Trinajstić information content (AvgIpc) is 2.03. The number of rotatable bonds is 2. The molecule has 0 amide bonds. The largest absolute Gasteiger partial charge is 0.497 e. The van der Waals surface area contributed by atoms with Crippen LogP contribution in [0.4, 0.5) is 0 Å². The summed E-state index contributed by atoms with van der Waals surface area (Å²) in [6.45, 7) is 0.899. The van der Waals surface area contributed by atoms with E-state index in [1.165, 1.54) is 5.56 Å². The lowest BCUT2D eigenvalue weighted by molar-refractivity contribution is -0.0527. The van der Waals surface area contributed by atoms with Crippen LogP contribution in [-0.2, 0) is 4.74 Å². The first-order chi connectivity index (χ1) is 5.90. The monoisotopic (exact) mass is 164 g/mol. The van der Waals surface area contributed by atoms with E-state index in [-0.39, 0.29) is 0 Å². The van der Waals surface area contributed by atoms with Crippen molar-refractivity contribution in [2.24, 2.45) is 0 Å². The molecule has 0 aromatic heterocycles.